The fraction of sp³-hybridized carbons (Fsp3) is 0.278. The average molecular weight is 283 g/mol. The number of rotatable bonds is 5. The molecule has 2 aromatic carbocycles. The minimum Gasteiger partial charge on any atom is -0.494 e. The van der Waals surface area contributed by atoms with Crippen LogP contribution in [0.4, 0.5) is 0 Å². The standard InChI is InChI=1S/C18H21NO2/c1-4-21-17-9-6-15(7-10-17)12-19-18(20)16-8-5-13(2)14(3)11-16/h5-11H,4,12H2,1-3H3,(H,19,20). The SMILES string of the molecule is CCOc1ccc(CNC(=O)c2ccc(C)c(C)c2)cc1. The molecule has 0 fully saturated rings. The second-order valence-corrected chi connectivity index (χ2v) is 5.06. The maximum Gasteiger partial charge on any atom is 0.251 e. The molecule has 1 amide bonds. The minimum absolute atomic E-state index is 0.0491. The van der Waals surface area contributed by atoms with Crippen LogP contribution in [0.5, 0.6) is 5.75 Å². The van der Waals surface area contributed by atoms with Gasteiger partial charge in [-0.15, -0.1) is 0 Å². The molecule has 110 valence electrons. The zero-order valence-electron chi connectivity index (χ0n) is 12.8. The number of aryl methyl sites for hydroxylation is 2. The molecule has 0 aliphatic carbocycles. The molecule has 1 N–H and O–H groups in total. The van der Waals surface area contributed by atoms with E-state index in [4.69, 9.17) is 4.74 Å². The van der Waals surface area contributed by atoms with Crippen molar-refractivity contribution in [1.29, 1.82) is 0 Å². The largest absolute Gasteiger partial charge is 0.494 e. The Labute approximate surface area is 126 Å². The number of carbonyl (C=O) groups excluding carboxylic acids is 1. The molecule has 0 aliphatic rings. The molecule has 21 heavy (non-hydrogen) atoms. The number of benzene rings is 2. The summed E-state index contributed by atoms with van der Waals surface area (Å²) < 4.78 is 5.39. The van der Waals surface area contributed by atoms with Crippen molar-refractivity contribution in [3.8, 4) is 5.75 Å². The molecule has 0 saturated heterocycles. The van der Waals surface area contributed by atoms with E-state index in [9.17, 15) is 4.79 Å². The van der Waals surface area contributed by atoms with Gasteiger partial charge in [0.25, 0.3) is 5.91 Å². The molecule has 0 aliphatic heterocycles. The van der Waals surface area contributed by atoms with Crippen LogP contribution in [0.25, 0.3) is 0 Å². The van der Waals surface area contributed by atoms with Crippen molar-refractivity contribution in [3.05, 3.63) is 64.7 Å². The smallest absolute Gasteiger partial charge is 0.251 e. The van der Waals surface area contributed by atoms with E-state index in [1.807, 2.05) is 63.2 Å². The van der Waals surface area contributed by atoms with Crippen LogP contribution in [0.3, 0.4) is 0 Å². The molecule has 0 bridgehead atoms. The Hall–Kier alpha value is -2.29. The summed E-state index contributed by atoms with van der Waals surface area (Å²) in [4.78, 5) is 12.1. The van der Waals surface area contributed by atoms with Gasteiger partial charge in [0.1, 0.15) is 5.75 Å². The molecule has 2 rings (SSSR count). The van der Waals surface area contributed by atoms with Crippen molar-refractivity contribution < 1.29 is 9.53 Å². The minimum atomic E-state index is -0.0491. The molecule has 0 radical (unpaired) electrons. The first kappa shape index (κ1) is 15.1. The van der Waals surface area contributed by atoms with Crippen molar-refractivity contribution in [3.63, 3.8) is 0 Å². The first-order valence-electron chi connectivity index (χ1n) is 7.17. The van der Waals surface area contributed by atoms with Gasteiger partial charge in [0.2, 0.25) is 0 Å². The van der Waals surface area contributed by atoms with Crippen molar-refractivity contribution in [2.75, 3.05) is 6.61 Å². The van der Waals surface area contributed by atoms with Gasteiger partial charge in [0.05, 0.1) is 6.61 Å². The predicted octanol–water partition coefficient (Wildman–Crippen LogP) is 3.63. The van der Waals surface area contributed by atoms with E-state index in [0.29, 0.717) is 18.7 Å². The van der Waals surface area contributed by atoms with Gasteiger partial charge in [-0.3, -0.25) is 4.79 Å². The van der Waals surface area contributed by atoms with Gasteiger partial charge in [0.15, 0.2) is 0 Å². The molecule has 3 nitrogen and oxygen atoms in total. The van der Waals surface area contributed by atoms with Crippen LogP contribution in [0.15, 0.2) is 42.5 Å². The number of hydrogen-bond acceptors (Lipinski definition) is 2. The highest BCUT2D eigenvalue weighted by Gasteiger charge is 2.06. The maximum absolute atomic E-state index is 12.1. The lowest BCUT2D eigenvalue weighted by molar-refractivity contribution is 0.0951. The van der Waals surface area contributed by atoms with Crippen LogP contribution >= 0.6 is 0 Å². The zero-order chi connectivity index (χ0) is 15.2. The fourth-order valence-electron chi connectivity index (χ4n) is 2.04. The highest BCUT2D eigenvalue weighted by atomic mass is 16.5. The summed E-state index contributed by atoms with van der Waals surface area (Å²) in [5, 5.41) is 2.93. The number of nitrogens with one attached hydrogen (secondary N) is 1. The summed E-state index contributed by atoms with van der Waals surface area (Å²) in [7, 11) is 0. The summed E-state index contributed by atoms with van der Waals surface area (Å²) in [5.74, 6) is 0.800. The lowest BCUT2D eigenvalue weighted by Gasteiger charge is -2.08. The van der Waals surface area contributed by atoms with Crippen LogP contribution in [-0.4, -0.2) is 12.5 Å². The van der Waals surface area contributed by atoms with Gasteiger partial charge in [-0.2, -0.15) is 0 Å². The van der Waals surface area contributed by atoms with E-state index in [0.717, 1.165) is 16.9 Å². The van der Waals surface area contributed by atoms with Gasteiger partial charge >= 0.3 is 0 Å². The van der Waals surface area contributed by atoms with Crippen LogP contribution in [-0.2, 0) is 6.54 Å². The molecule has 0 atom stereocenters. The Morgan fingerprint density at radius 2 is 1.76 bits per heavy atom. The Balaban J connectivity index is 1.95. The van der Waals surface area contributed by atoms with Gasteiger partial charge < -0.3 is 10.1 Å². The summed E-state index contributed by atoms with van der Waals surface area (Å²) in [6.45, 7) is 7.17. The summed E-state index contributed by atoms with van der Waals surface area (Å²) in [6, 6.07) is 13.5. The topological polar surface area (TPSA) is 38.3 Å². The van der Waals surface area contributed by atoms with Crippen LogP contribution < -0.4 is 10.1 Å². The average Bonchev–Trinajstić information content (AvgIpc) is 2.49. The molecule has 2 aromatic rings. The first-order valence-corrected chi connectivity index (χ1v) is 7.17. The Morgan fingerprint density at radius 1 is 1.05 bits per heavy atom. The lowest BCUT2D eigenvalue weighted by atomic mass is 10.1. The molecule has 0 heterocycles. The summed E-state index contributed by atoms with van der Waals surface area (Å²) >= 11 is 0. The molecule has 0 saturated carbocycles. The fourth-order valence-corrected chi connectivity index (χ4v) is 2.04. The Kier molecular flexibility index (Phi) is 4.99. The molecule has 0 aromatic heterocycles. The molecule has 0 unspecified atom stereocenters. The van der Waals surface area contributed by atoms with E-state index in [-0.39, 0.29) is 5.91 Å². The third-order valence-corrected chi connectivity index (χ3v) is 3.46. The van der Waals surface area contributed by atoms with E-state index in [1.54, 1.807) is 0 Å². The third kappa shape index (κ3) is 4.09. The number of carbonyl (C=O) groups is 1. The van der Waals surface area contributed by atoms with Crippen LogP contribution in [0, 0.1) is 13.8 Å². The van der Waals surface area contributed by atoms with Gasteiger partial charge in [0, 0.05) is 12.1 Å². The number of hydrogen-bond donors (Lipinski definition) is 1. The quantitative estimate of drug-likeness (QED) is 0.910. The van der Waals surface area contributed by atoms with Crippen LogP contribution in [0.1, 0.15) is 34.0 Å². The number of ether oxygens (including phenoxy) is 1. The number of amides is 1. The predicted molar refractivity (Wildman–Crippen MR) is 84.7 cm³/mol. The molecular weight excluding hydrogens is 262 g/mol. The van der Waals surface area contributed by atoms with Gasteiger partial charge in [-0.25, -0.2) is 0 Å². The highest BCUT2D eigenvalue weighted by molar-refractivity contribution is 5.94. The lowest BCUT2D eigenvalue weighted by Crippen LogP contribution is -2.22. The van der Waals surface area contributed by atoms with Crippen molar-refractivity contribution in [1.82, 2.24) is 5.32 Å². The molecule has 0 spiro atoms. The van der Waals surface area contributed by atoms with Crippen LogP contribution in [0.2, 0.25) is 0 Å². The molecular formula is C18H21NO2. The first-order chi connectivity index (χ1) is 10.1. The van der Waals surface area contributed by atoms with E-state index in [1.165, 1.54) is 5.56 Å². The third-order valence-electron chi connectivity index (χ3n) is 3.46. The van der Waals surface area contributed by atoms with Crippen molar-refractivity contribution in [2.45, 2.75) is 27.3 Å². The second-order valence-electron chi connectivity index (χ2n) is 5.06. The monoisotopic (exact) mass is 283 g/mol. The second kappa shape index (κ2) is 6.93. The summed E-state index contributed by atoms with van der Waals surface area (Å²) in [6.07, 6.45) is 0. The van der Waals surface area contributed by atoms with E-state index >= 15 is 0 Å². The van der Waals surface area contributed by atoms with E-state index < -0.39 is 0 Å². The van der Waals surface area contributed by atoms with Crippen molar-refractivity contribution in [2.24, 2.45) is 0 Å². The summed E-state index contributed by atoms with van der Waals surface area (Å²) in [5.41, 5.74) is 4.07. The Bertz CT molecular complexity index is 618. The van der Waals surface area contributed by atoms with Gasteiger partial charge in [-0.05, 0) is 61.7 Å². The Morgan fingerprint density at radius 3 is 2.38 bits per heavy atom. The molecule has 3 heteroatoms. The normalized spacial score (nSPS) is 10.2. The maximum atomic E-state index is 12.1. The van der Waals surface area contributed by atoms with Crippen molar-refractivity contribution >= 4 is 5.91 Å². The van der Waals surface area contributed by atoms with E-state index in [2.05, 4.69) is 5.32 Å². The van der Waals surface area contributed by atoms with Gasteiger partial charge in [-0.1, -0.05) is 18.2 Å². The zero-order valence-corrected chi connectivity index (χ0v) is 12.8. The highest BCUT2D eigenvalue weighted by Crippen LogP contribution is 2.13.